The predicted octanol–water partition coefficient (Wildman–Crippen LogP) is 5.01. The number of anilines is 1. The lowest BCUT2D eigenvalue weighted by Gasteiger charge is -2.21. The maximum Gasteiger partial charge on any atom is 0.328 e. The van der Waals surface area contributed by atoms with Crippen molar-refractivity contribution < 1.29 is 13.7 Å². The minimum atomic E-state index is -1.68. The van der Waals surface area contributed by atoms with Crippen LogP contribution in [0.4, 0.5) is 5.82 Å². The molecule has 1 heterocycles. The summed E-state index contributed by atoms with van der Waals surface area (Å²) in [5.74, 6) is 0.428. The van der Waals surface area contributed by atoms with Crippen LogP contribution in [0.3, 0.4) is 0 Å². The molecule has 0 aliphatic carbocycles. The maximum absolute atomic E-state index is 12.7. The standard InChI is InChI=1S/C21H21Cl3N4O3S/c1-11(2)19(21(29)31-3)28-20-12-6-4-5-7-14(12)26-16(27-20)10-25-32(30)15-9-8-13(22)17(23)18(15)24/h4-9,11,19,25H,10H2,1-3H3,(H,26,27,28)/t19-,32?/m0/s1. The average Bonchev–Trinajstić information content (AvgIpc) is 2.78. The molecule has 0 fully saturated rings. The predicted molar refractivity (Wildman–Crippen MR) is 129 cm³/mol. The Morgan fingerprint density at radius 3 is 2.50 bits per heavy atom. The minimum Gasteiger partial charge on any atom is -0.467 e. The molecule has 0 spiro atoms. The van der Waals surface area contributed by atoms with E-state index in [0.29, 0.717) is 22.1 Å². The van der Waals surface area contributed by atoms with Gasteiger partial charge in [0.2, 0.25) is 0 Å². The van der Waals surface area contributed by atoms with E-state index in [2.05, 4.69) is 20.0 Å². The molecule has 2 atom stereocenters. The second kappa shape index (κ2) is 10.8. The zero-order valence-corrected chi connectivity index (χ0v) is 20.6. The van der Waals surface area contributed by atoms with Crippen molar-refractivity contribution in [3.63, 3.8) is 0 Å². The van der Waals surface area contributed by atoms with E-state index in [4.69, 9.17) is 39.5 Å². The second-order valence-electron chi connectivity index (χ2n) is 7.16. The fourth-order valence-electron chi connectivity index (χ4n) is 2.95. The number of fused-ring (bicyclic) bond motifs is 1. The van der Waals surface area contributed by atoms with Gasteiger partial charge in [0, 0.05) is 5.39 Å². The molecule has 0 radical (unpaired) electrons. The third-order valence-electron chi connectivity index (χ3n) is 4.62. The topological polar surface area (TPSA) is 93.2 Å². The summed E-state index contributed by atoms with van der Waals surface area (Å²) in [5.41, 5.74) is 0.674. The van der Waals surface area contributed by atoms with Crippen LogP contribution in [0.5, 0.6) is 0 Å². The van der Waals surface area contributed by atoms with Gasteiger partial charge in [-0.2, -0.15) is 0 Å². The van der Waals surface area contributed by atoms with Crippen molar-refractivity contribution in [1.29, 1.82) is 0 Å². The number of hydrogen-bond acceptors (Lipinski definition) is 6. The van der Waals surface area contributed by atoms with E-state index in [-0.39, 0.29) is 27.5 Å². The van der Waals surface area contributed by atoms with Crippen LogP contribution in [-0.4, -0.2) is 33.3 Å². The summed E-state index contributed by atoms with van der Waals surface area (Å²) >= 11 is 18.2. The van der Waals surface area contributed by atoms with Crippen molar-refractivity contribution >= 4 is 68.5 Å². The molecule has 7 nitrogen and oxygen atoms in total. The van der Waals surface area contributed by atoms with E-state index in [0.717, 1.165) is 5.39 Å². The van der Waals surface area contributed by atoms with Gasteiger partial charge in [-0.25, -0.2) is 23.7 Å². The largest absolute Gasteiger partial charge is 0.467 e. The van der Waals surface area contributed by atoms with Crippen molar-refractivity contribution in [2.24, 2.45) is 5.92 Å². The van der Waals surface area contributed by atoms with E-state index < -0.39 is 23.0 Å². The Kier molecular flexibility index (Phi) is 8.30. The number of nitrogens with one attached hydrogen (secondary N) is 2. The highest BCUT2D eigenvalue weighted by molar-refractivity contribution is 7.83. The van der Waals surface area contributed by atoms with Crippen LogP contribution in [0.1, 0.15) is 19.7 Å². The van der Waals surface area contributed by atoms with E-state index >= 15 is 0 Å². The normalized spacial score (nSPS) is 13.2. The van der Waals surface area contributed by atoms with Crippen molar-refractivity contribution in [2.75, 3.05) is 12.4 Å². The molecule has 11 heteroatoms. The molecule has 0 amide bonds. The van der Waals surface area contributed by atoms with E-state index in [1.807, 2.05) is 38.1 Å². The fraction of sp³-hybridized carbons (Fsp3) is 0.286. The van der Waals surface area contributed by atoms with Crippen LogP contribution < -0.4 is 10.0 Å². The third-order valence-corrected chi connectivity index (χ3v) is 7.18. The Hall–Kier alpha value is -1.97. The molecule has 1 aromatic heterocycles. The molecule has 2 aromatic carbocycles. The highest BCUT2D eigenvalue weighted by atomic mass is 35.5. The van der Waals surface area contributed by atoms with Crippen LogP contribution in [0.25, 0.3) is 10.9 Å². The smallest absolute Gasteiger partial charge is 0.328 e. The summed E-state index contributed by atoms with van der Waals surface area (Å²) < 4.78 is 20.5. The molecular weight excluding hydrogens is 495 g/mol. The van der Waals surface area contributed by atoms with Crippen LogP contribution in [0.2, 0.25) is 15.1 Å². The molecule has 0 saturated carbocycles. The van der Waals surface area contributed by atoms with Crippen molar-refractivity contribution in [2.45, 2.75) is 31.3 Å². The zero-order chi connectivity index (χ0) is 23.4. The fourth-order valence-corrected chi connectivity index (χ4v) is 4.62. The van der Waals surface area contributed by atoms with Gasteiger partial charge in [-0.15, -0.1) is 0 Å². The molecule has 170 valence electrons. The molecular formula is C21H21Cl3N4O3S. The van der Waals surface area contributed by atoms with Crippen LogP contribution in [-0.2, 0) is 27.1 Å². The summed E-state index contributed by atoms with van der Waals surface area (Å²) in [6, 6.07) is 9.87. The van der Waals surface area contributed by atoms with Crippen LogP contribution in [0.15, 0.2) is 41.3 Å². The van der Waals surface area contributed by atoms with Crippen molar-refractivity contribution in [3.8, 4) is 0 Å². The Bertz CT molecular complexity index is 1180. The SMILES string of the molecule is COC(=O)[C@@H](Nc1nc(CNS(=O)c2ccc(Cl)c(Cl)c2Cl)nc2ccccc12)C(C)C. The van der Waals surface area contributed by atoms with Gasteiger partial charge < -0.3 is 10.1 Å². The summed E-state index contributed by atoms with van der Waals surface area (Å²) in [6.07, 6.45) is 0. The Morgan fingerprint density at radius 1 is 1.09 bits per heavy atom. The summed E-state index contributed by atoms with van der Waals surface area (Å²) in [7, 11) is -0.337. The molecule has 1 unspecified atom stereocenters. The van der Waals surface area contributed by atoms with E-state index in [1.54, 1.807) is 0 Å². The first-order valence-electron chi connectivity index (χ1n) is 9.61. The number of hydrogen-bond donors (Lipinski definition) is 2. The first-order chi connectivity index (χ1) is 15.2. The molecule has 2 N–H and O–H groups in total. The highest BCUT2D eigenvalue weighted by Gasteiger charge is 2.24. The number of rotatable bonds is 8. The highest BCUT2D eigenvalue weighted by Crippen LogP contribution is 2.34. The first-order valence-corrected chi connectivity index (χ1v) is 11.9. The minimum absolute atomic E-state index is 0.0398. The number of carbonyl (C=O) groups is 1. The lowest BCUT2D eigenvalue weighted by atomic mass is 10.0. The molecule has 3 rings (SSSR count). The number of aromatic nitrogens is 2. The molecule has 32 heavy (non-hydrogen) atoms. The quantitative estimate of drug-likeness (QED) is 0.323. The van der Waals surface area contributed by atoms with Gasteiger partial charge in [0.25, 0.3) is 0 Å². The number of para-hydroxylation sites is 1. The van der Waals surface area contributed by atoms with Crippen LogP contribution in [0, 0.1) is 5.92 Å². The maximum atomic E-state index is 12.7. The average molecular weight is 516 g/mol. The molecule has 0 aliphatic rings. The van der Waals surface area contributed by atoms with Crippen molar-refractivity contribution in [3.05, 3.63) is 57.3 Å². The summed E-state index contributed by atoms with van der Waals surface area (Å²) in [5, 5.41) is 4.45. The van der Waals surface area contributed by atoms with Crippen molar-refractivity contribution in [1.82, 2.24) is 14.7 Å². The number of ether oxygens (including phenoxy) is 1. The molecule has 0 aliphatic heterocycles. The zero-order valence-electron chi connectivity index (χ0n) is 17.5. The van der Waals surface area contributed by atoms with E-state index in [1.165, 1.54) is 19.2 Å². The number of methoxy groups -OCH3 is 1. The van der Waals surface area contributed by atoms with Crippen LogP contribution >= 0.6 is 34.8 Å². The third kappa shape index (κ3) is 5.50. The number of nitrogens with zero attached hydrogens (tertiary/aromatic N) is 2. The Morgan fingerprint density at radius 2 is 1.81 bits per heavy atom. The van der Waals surface area contributed by atoms with Gasteiger partial charge in [-0.3, -0.25) is 0 Å². The van der Waals surface area contributed by atoms with Gasteiger partial charge in [0.1, 0.15) is 28.7 Å². The Balaban J connectivity index is 1.89. The van der Waals surface area contributed by atoms with E-state index in [9.17, 15) is 9.00 Å². The second-order valence-corrected chi connectivity index (χ2v) is 9.59. The monoisotopic (exact) mass is 514 g/mol. The number of halogens is 3. The van der Waals surface area contributed by atoms with Gasteiger partial charge in [0.15, 0.2) is 0 Å². The molecule has 0 saturated heterocycles. The first kappa shape index (κ1) is 24.7. The summed E-state index contributed by atoms with van der Waals surface area (Å²) in [6.45, 7) is 3.89. The van der Waals surface area contributed by atoms with Gasteiger partial charge >= 0.3 is 5.97 Å². The van der Waals surface area contributed by atoms with Gasteiger partial charge in [0.05, 0.1) is 39.1 Å². The molecule has 3 aromatic rings. The summed E-state index contributed by atoms with van der Waals surface area (Å²) in [4.78, 5) is 21.6. The van der Waals surface area contributed by atoms with Gasteiger partial charge in [-0.05, 0) is 30.2 Å². The number of benzene rings is 2. The lowest BCUT2D eigenvalue weighted by Crippen LogP contribution is -2.36. The lowest BCUT2D eigenvalue weighted by molar-refractivity contribution is -0.142. The van der Waals surface area contributed by atoms with Gasteiger partial charge in [-0.1, -0.05) is 60.8 Å². The Labute approximate surface area is 203 Å². The number of carbonyl (C=O) groups excluding carboxylic acids is 1. The molecule has 0 bridgehead atoms. The number of esters is 1.